The van der Waals surface area contributed by atoms with Crippen LogP contribution in [0.4, 0.5) is 18.9 Å². The van der Waals surface area contributed by atoms with Gasteiger partial charge in [-0.3, -0.25) is 15.0 Å². The zero-order valence-corrected chi connectivity index (χ0v) is 7.82. The van der Waals surface area contributed by atoms with Crippen LogP contribution < -0.4 is 5.90 Å². The van der Waals surface area contributed by atoms with Crippen molar-refractivity contribution in [2.75, 3.05) is 0 Å². The number of nitro groups is 1. The van der Waals surface area contributed by atoms with Crippen LogP contribution in [0.15, 0.2) is 18.2 Å². The summed E-state index contributed by atoms with van der Waals surface area (Å²) in [6, 6.07) is 2.18. The summed E-state index contributed by atoms with van der Waals surface area (Å²) in [7, 11) is 0. The van der Waals surface area contributed by atoms with E-state index in [1.54, 1.807) is 0 Å². The van der Waals surface area contributed by atoms with E-state index in [4.69, 9.17) is 5.90 Å². The average Bonchev–Trinajstić information content (AvgIpc) is 2.16. The van der Waals surface area contributed by atoms with E-state index in [2.05, 4.69) is 4.84 Å². The van der Waals surface area contributed by atoms with Gasteiger partial charge in [0.2, 0.25) is 0 Å². The molecule has 0 saturated carbocycles. The van der Waals surface area contributed by atoms with Crippen molar-refractivity contribution in [2.24, 2.45) is 5.90 Å². The number of rotatable bonds is 3. The van der Waals surface area contributed by atoms with Crippen molar-refractivity contribution < 1.29 is 22.9 Å². The van der Waals surface area contributed by atoms with Crippen molar-refractivity contribution in [1.29, 1.82) is 0 Å². The third-order valence-electron chi connectivity index (χ3n) is 1.77. The SMILES string of the molecule is NOCc1cc([N+](=O)[O-])cc(C(F)(F)F)c1. The monoisotopic (exact) mass is 236 g/mol. The second-order valence-corrected chi connectivity index (χ2v) is 2.95. The highest BCUT2D eigenvalue weighted by molar-refractivity contribution is 5.40. The van der Waals surface area contributed by atoms with Crippen LogP contribution in [0.2, 0.25) is 0 Å². The quantitative estimate of drug-likeness (QED) is 0.643. The van der Waals surface area contributed by atoms with E-state index in [-0.39, 0.29) is 12.2 Å². The molecule has 0 aromatic heterocycles. The van der Waals surface area contributed by atoms with Crippen molar-refractivity contribution >= 4 is 5.69 Å². The maximum Gasteiger partial charge on any atom is 0.416 e. The molecule has 8 heteroatoms. The van der Waals surface area contributed by atoms with E-state index in [1.807, 2.05) is 0 Å². The molecule has 0 bridgehead atoms. The highest BCUT2D eigenvalue weighted by Gasteiger charge is 2.32. The molecule has 2 N–H and O–H groups in total. The van der Waals surface area contributed by atoms with Crippen LogP contribution in [0.1, 0.15) is 11.1 Å². The molecule has 1 aromatic rings. The van der Waals surface area contributed by atoms with Crippen LogP contribution in [-0.4, -0.2) is 4.92 Å². The van der Waals surface area contributed by atoms with E-state index < -0.39 is 22.4 Å². The molecule has 5 nitrogen and oxygen atoms in total. The van der Waals surface area contributed by atoms with Gasteiger partial charge in [0.05, 0.1) is 17.1 Å². The average molecular weight is 236 g/mol. The van der Waals surface area contributed by atoms with Gasteiger partial charge in [0, 0.05) is 12.1 Å². The van der Waals surface area contributed by atoms with Crippen molar-refractivity contribution in [3.05, 3.63) is 39.4 Å². The van der Waals surface area contributed by atoms with Crippen molar-refractivity contribution in [1.82, 2.24) is 0 Å². The lowest BCUT2D eigenvalue weighted by atomic mass is 10.1. The zero-order valence-electron chi connectivity index (χ0n) is 7.82. The number of hydrogen-bond donors (Lipinski definition) is 1. The van der Waals surface area contributed by atoms with Crippen LogP contribution in [0.5, 0.6) is 0 Å². The minimum atomic E-state index is -4.64. The van der Waals surface area contributed by atoms with Crippen molar-refractivity contribution in [3.8, 4) is 0 Å². The van der Waals surface area contributed by atoms with E-state index >= 15 is 0 Å². The Kier molecular flexibility index (Phi) is 3.45. The summed E-state index contributed by atoms with van der Waals surface area (Å²) < 4.78 is 37.1. The minimum Gasteiger partial charge on any atom is -0.300 e. The number of halogens is 3. The van der Waals surface area contributed by atoms with E-state index in [0.29, 0.717) is 6.07 Å². The molecule has 0 fully saturated rings. The Bertz CT molecular complexity index is 406. The second-order valence-electron chi connectivity index (χ2n) is 2.95. The third-order valence-corrected chi connectivity index (χ3v) is 1.77. The lowest BCUT2D eigenvalue weighted by Gasteiger charge is -2.08. The first kappa shape index (κ1) is 12.4. The summed E-state index contributed by atoms with van der Waals surface area (Å²) in [5, 5.41) is 10.4. The minimum absolute atomic E-state index is 0.0102. The van der Waals surface area contributed by atoms with Crippen molar-refractivity contribution in [2.45, 2.75) is 12.8 Å². The number of nitrogens with zero attached hydrogens (tertiary/aromatic N) is 1. The van der Waals surface area contributed by atoms with Crippen LogP contribution in [0.3, 0.4) is 0 Å². The van der Waals surface area contributed by atoms with Gasteiger partial charge in [0.1, 0.15) is 0 Å². The molecule has 0 aliphatic rings. The Morgan fingerprint density at radius 3 is 2.44 bits per heavy atom. The van der Waals surface area contributed by atoms with Gasteiger partial charge in [0.25, 0.3) is 5.69 Å². The number of hydrogen-bond acceptors (Lipinski definition) is 4. The molecule has 0 saturated heterocycles. The van der Waals surface area contributed by atoms with E-state index in [9.17, 15) is 23.3 Å². The predicted octanol–water partition coefficient (Wildman–Crippen LogP) is 2.00. The van der Waals surface area contributed by atoms with Gasteiger partial charge in [-0.15, -0.1) is 0 Å². The Labute approximate surface area is 87.7 Å². The summed E-state index contributed by atoms with van der Waals surface area (Å²) in [5.74, 6) is 4.69. The molecule has 1 rings (SSSR count). The van der Waals surface area contributed by atoms with E-state index in [1.165, 1.54) is 0 Å². The van der Waals surface area contributed by atoms with Gasteiger partial charge in [-0.2, -0.15) is 13.2 Å². The first-order valence-corrected chi connectivity index (χ1v) is 4.02. The standard InChI is InChI=1S/C8H7F3N2O3/c9-8(10,11)6-1-5(4-16-12)2-7(3-6)13(14)15/h1-3H,4,12H2. The molecule has 0 heterocycles. The highest BCUT2D eigenvalue weighted by Crippen LogP contribution is 2.32. The summed E-state index contributed by atoms with van der Waals surface area (Å²) in [5.41, 5.74) is -1.76. The molecule has 0 amide bonds. The Hall–Kier alpha value is -1.67. The summed E-state index contributed by atoms with van der Waals surface area (Å²) >= 11 is 0. The maximum absolute atomic E-state index is 12.4. The van der Waals surface area contributed by atoms with Gasteiger partial charge in [0.15, 0.2) is 0 Å². The van der Waals surface area contributed by atoms with Crippen LogP contribution in [0, 0.1) is 10.1 Å². The van der Waals surface area contributed by atoms with E-state index in [0.717, 1.165) is 12.1 Å². The third kappa shape index (κ3) is 2.91. The molecular weight excluding hydrogens is 229 g/mol. The Balaban J connectivity index is 3.24. The Morgan fingerprint density at radius 2 is 2.00 bits per heavy atom. The molecule has 88 valence electrons. The number of alkyl halides is 3. The Morgan fingerprint density at radius 1 is 1.38 bits per heavy atom. The topological polar surface area (TPSA) is 78.4 Å². The predicted molar refractivity (Wildman–Crippen MR) is 47.1 cm³/mol. The molecule has 16 heavy (non-hydrogen) atoms. The number of nitro benzene ring substituents is 1. The van der Waals surface area contributed by atoms with Gasteiger partial charge < -0.3 is 0 Å². The van der Waals surface area contributed by atoms with Gasteiger partial charge >= 0.3 is 6.18 Å². The molecule has 0 spiro atoms. The van der Waals surface area contributed by atoms with Crippen LogP contribution >= 0.6 is 0 Å². The number of non-ortho nitro benzene ring substituents is 1. The fraction of sp³-hybridized carbons (Fsp3) is 0.250. The molecule has 0 atom stereocenters. The molecule has 0 radical (unpaired) electrons. The van der Waals surface area contributed by atoms with Gasteiger partial charge in [-0.25, -0.2) is 5.90 Å². The van der Waals surface area contributed by atoms with Crippen molar-refractivity contribution in [3.63, 3.8) is 0 Å². The maximum atomic E-state index is 12.4. The largest absolute Gasteiger partial charge is 0.416 e. The summed E-state index contributed by atoms with van der Waals surface area (Å²) in [6.45, 7) is -0.329. The molecular formula is C8H7F3N2O3. The molecule has 0 aliphatic heterocycles. The lowest BCUT2D eigenvalue weighted by molar-refractivity contribution is -0.385. The zero-order chi connectivity index (χ0) is 12.3. The van der Waals surface area contributed by atoms with Crippen LogP contribution in [0.25, 0.3) is 0 Å². The number of nitrogens with two attached hydrogens (primary N) is 1. The summed E-state index contributed by atoms with van der Waals surface area (Å²) in [6.07, 6.45) is -4.64. The van der Waals surface area contributed by atoms with Gasteiger partial charge in [-0.1, -0.05) is 0 Å². The second kappa shape index (κ2) is 4.45. The first-order chi connectivity index (χ1) is 7.34. The highest BCUT2D eigenvalue weighted by atomic mass is 19.4. The van der Waals surface area contributed by atoms with Gasteiger partial charge in [-0.05, 0) is 11.6 Å². The smallest absolute Gasteiger partial charge is 0.300 e. The first-order valence-electron chi connectivity index (χ1n) is 4.02. The fourth-order valence-corrected chi connectivity index (χ4v) is 1.12. The number of benzene rings is 1. The normalized spacial score (nSPS) is 11.5. The fourth-order valence-electron chi connectivity index (χ4n) is 1.12. The summed E-state index contributed by atoms with van der Waals surface area (Å²) in [4.78, 5) is 13.6. The molecule has 0 unspecified atom stereocenters. The lowest BCUT2D eigenvalue weighted by Crippen LogP contribution is -2.08. The molecule has 0 aliphatic carbocycles. The van der Waals surface area contributed by atoms with Crippen LogP contribution in [-0.2, 0) is 17.6 Å². The molecule has 1 aromatic carbocycles.